The average molecular weight is 318 g/mol. The van der Waals surface area contributed by atoms with Gasteiger partial charge in [0.2, 0.25) is 11.8 Å². The molecule has 2 amide bonds. The molecule has 5 nitrogen and oxygen atoms in total. The van der Waals surface area contributed by atoms with E-state index >= 15 is 0 Å². The van der Waals surface area contributed by atoms with Gasteiger partial charge in [-0.2, -0.15) is 0 Å². The molecule has 0 saturated carbocycles. The van der Waals surface area contributed by atoms with E-state index in [1.165, 1.54) is 4.90 Å². The van der Waals surface area contributed by atoms with Crippen molar-refractivity contribution in [2.24, 2.45) is 0 Å². The maximum Gasteiger partial charge on any atom is 0.238 e. The zero-order chi connectivity index (χ0) is 15.3. The van der Waals surface area contributed by atoms with E-state index < -0.39 is 0 Å². The lowest BCUT2D eigenvalue weighted by molar-refractivity contribution is -0.130. The topological polar surface area (TPSA) is 52.7 Å². The summed E-state index contributed by atoms with van der Waals surface area (Å²) in [5, 5.41) is 3.55. The van der Waals surface area contributed by atoms with E-state index in [-0.39, 0.29) is 24.9 Å². The molecule has 0 saturated heterocycles. The number of carbonyl (C=O) groups is 2. The maximum atomic E-state index is 11.8. The van der Waals surface area contributed by atoms with Crippen molar-refractivity contribution in [1.82, 2.24) is 9.80 Å². The molecule has 0 aromatic heterocycles. The number of likely N-dealkylation sites (N-methyl/N-ethyl adjacent to an activating group) is 2. The predicted molar refractivity (Wildman–Crippen MR) is 81.3 cm³/mol. The van der Waals surface area contributed by atoms with Gasteiger partial charge in [0.25, 0.3) is 0 Å². The highest BCUT2D eigenvalue weighted by molar-refractivity contribution is 6.36. The van der Waals surface area contributed by atoms with Crippen molar-refractivity contribution in [1.29, 1.82) is 0 Å². The molecule has 0 radical (unpaired) electrons. The Bertz CT molecular complexity index is 506. The average Bonchev–Trinajstić information content (AvgIpc) is 2.32. The smallest absolute Gasteiger partial charge is 0.238 e. The van der Waals surface area contributed by atoms with Gasteiger partial charge in [0.15, 0.2) is 0 Å². The molecule has 0 spiro atoms. The van der Waals surface area contributed by atoms with Gasteiger partial charge >= 0.3 is 0 Å². The van der Waals surface area contributed by atoms with Crippen molar-refractivity contribution in [3.05, 3.63) is 28.2 Å². The van der Waals surface area contributed by atoms with Crippen LogP contribution < -0.4 is 5.32 Å². The zero-order valence-corrected chi connectivity index (χ0v) is 13.1. The molecule has 7 heteroatoms. The fourth-order valence-electron chi connectivity index (χ4n) is 1.45. The van der Waals surface area contributed by atoms with Crippen LogP contribution in [-0.4, -0.2) is 55.8 Å². The van der Waals surface area contributed by atoms with Crippen molar-refractivity contribution < 1.29 is 9.59 Å². The normalized spacial score (nSPS) is 10.5. The van der Waals surface area contributed by atoms with Crippen LogP contribution in [0, 0.1) is 0 Å². The van der Waals surface area contributed by atoms with E-state index in [4.69, 9.17) is 23.2 Å². The number of hydrogen-bond acceptors (Lipinski definition) is 3. The highest BCUT2D eigenvalue weighted by atomic mass is 35.5. The quantitative estimate of drug-likeness (QED) is 0.903. The molecular weight excluding hydrogens is 301 g/mol. The fraction of sp³-hybridized carbons (Fsp3) is 0.385. The SMILES string of the molecule is CN(CC(=O)Nc1ccc(Cl)cc1Cl)CC(=O)N(C)C. The van der Waals surface area contributed by atoms with Crippen LogP contribution in [0.4, 0.5) is 5.69 Å². The summed E-state index contributed by atoms with van der Waals surface area (Å²) in [4.78, 5) is 26.4. The summed E-state index contributed by atoms with van der Waals surface area (Å²) < 4.78 is 0. The van der Waals surface area contributed by atoms with Gasteiger partial charge in [-0.25, -0.2) is 0 Å². The summed E-state index contributed by atoms with van der Waals surface area (Å²) >= 11 is 11.7. The van der Waals surface area contributed by atoms with E-state index in [1.54, 1.807) is 44.2 Å². The second kappa shape index (κ2) is 7.47. The molecule has 0 atom stereocenters. The molecule has 1 N–H and O–H groups in total. The number of rotatable bonds is 5. The van der Waals surface area contributed by atoms with Crippen molar-refractivity contribution in [3.63, 3.8) is 0 Å². The fourth-order valence-corrected chi connectivity index (χ4v) is 1.91. The molecule has 0 aliphatic carbocycles. The molecule has 1 aromatic carbocycles. The molecular formula is C13H17Cl2N3O2. The Kier molecular flexibility index (Phi) is 6.26. The lowest BCUT2D eigenvalue weighted by atomic mass is 10.3. The first kappa shape index (κ1) is 16.8. The number of halogens is 2. The van der Waals surface area contributed by atoms with Gasteiger partial charge < -0.3 is 10.2 Å². The van der Waals surface area contributed by atoms with E-state index in [0.717, 1.165) is 0 Å². The number of hydrogen-bond donors (Lipinski definition) is 1. The van der Waals surface area contributed by atoms with E-state index in [2.05, 4.69) is 5.32 Å². The molecule has 1 aromatic rings. The first-order valence-electron chi connectivity index (χ1n) is 5.93. The van der Waals surface area contributed by atoms with Crippen LogP contribution in [0.3, 0.4) is 0 Å². The molecule has 1 rings (SSSR count). The highest BCUT2D eigenvalue weighted by Crippen LogP contribution is 2.25. The van der Waals surface area contributed by atoms with Gasteiger partial charge in [-0.3, -0.25) is 14.5 Å². The van der Waals surface area contributed by atoms with Gasteiger partial charge in [0.05, 0.1) is 23.8 Å². The molecule has 0 aliphatic rings. The third-order valence-electron chi connectivity index (χ3n) is 2.52. The number of nitrogens with zero attached hydrogens (tertiary/aromatic N) is 2. The number of benzene rings is 1. The van der Waals surface area contributed by atoms with E-state index in [0.29, 0.717) is 15.7 Å². The summed E-state index contributed by atoms with van der Waals surface area (Å²) in [6, 6.07) is 4.83. The van der Waals surface area contributed by atoms with E-state index in [9.17, 15) is 9.59 Å². The molecule has 0 fully saturated rings. The van der Waals surface area contributed by atoms with Gasteiger partial charge in [-0.1, -0.05) is 23.2 Å². The minimum atomic E-state index is -0.247. The molecule has 0 heterocycles. The second-order valence-electron chi connectivity index (χ2n) is 4.63. The Morgan fingerprint density at radius 2 is 1.80 bits per heavy atom. The maximum absolute atomic E-state index is 11.8. The molecule has 20 heavy (non-hydrogen) atoms. The Labute approximate surface area is 128 Å². The lowest BCUT2D eigenvalue weighted by Gasteiger charge is -2.18. The number of anilines is 1. The minimum absolute atomic E-state index is 0.0650. The summed E-state index contributed by atoms with van der Waals surface area (Å²) in [6.07, 6.45) is 0. The lowest BCUT2D eigenvalue weighted by Crippen LogP contribution is -2.38. The summed E-state index contributed by atoms with van der Waals surface area (Å²) in [5.74, 6) is -0.312. The Morgan fingerprint density at radius 3 is 2.35 bits per heavy atom. The van der Waals surface area contributed by atoms with Crippen molar-refractivity contribution in [2.45, 2.75) is 0 Å². The molecule has 0 unspecified atom stereocenters. The minimum Gasteiger partial charge on any atom is -0.348 e. The Balaban J connectivity index is 2.53. The van der Waals surface area contributed by atoms with Crippen LogP contribution in [0.15, 0.2) is 18.2 Å². The monoisotopic (exact) mass is 317 g/mol. The van der Waals surface area contributed by atoms with Crippen LogP contribution in [0.2, 0.25) is 10.0 Å². The van der Waals surface area contributed by atoms with Gasteiger partial charge in [-0.15, -0.1) is 0 Å². The summed E-state index contributed by atoms with van der Waals surface area (Å²) in [6.45, 7) is 0.271. The van der Waals surface area contributed by atoms with Crippen LogP contribution in [0.25, 0.3) is 0 Å². The first-order valence-corrected chi connectivity index (χ1v) is 6.68. The van der Waals surface area contributed by atoms with Gasteiger partial charge in [-0.05, 0) is 25.2 Å². The van der Waals surface area contributed by atoms with Crippen molar-refractivity contribution in [3.8, 4) is 0 Å². The number of nitrogens with one attached hydrogen (secondary N) is 1. The van der Waals surface area contributed by atoms with E-state index in [1.807, 2.05) is 0 Å². The zero-order valence-electron chi connectivity index (χ0n) is 11.6. The van der Waals surface area contributed by atoms with Crippen LogP contribution in [0.5, 0.6) is 0 Å². The van der Waals surface area contributed by atoms with Gasteiger partial charge in [0, 0.05) is 19.1 Å². The second-order valence-corrected chi connectivity index (χ2v) is 5.48. The first-order chi connectivity index (χ1) is 9.29. The van der Waals surface area contributed by atoms with Crippen LogP contribution in [-0.2, 0) is 9.59 Å². The van der Waals surface area contributed by atoms with Crippen LogP contribution >= 0.6 is 23.2 Å². The van der Waals surface area contributed by atoms with Crippen molar-refractivity contribution in [2.75, 3.05) is 39.5 Å². The molecule has 0 bridgehead atoms. The summed E-state index contributed by atoms with van der Waals surface area (Å²) in [7, 11) is 5.04. The molecule has 110 valence electrons. The molecule has 0 aliphatic heterocycles. The number of amides is 2. The largest absolute Gasteiger partial charge is 0.348 e. The van der Waals surface area contributed by atoms with Crippen LogP contribution in [0.1, 0.15) is 0 Å². The van der Waals surface area contributed by atoms with Gasteiger partial charge in [0.1, 0.15) is 0 Å². The summed E-state index contributed by atoms with van der Waals surface area (Å²) in [5.41, 5.74) is 0.494. The third-order valence-corrected chi connectivity index (χ3v) is 3.07. The third kappa shape index (κ3) is 5.36. The standard InChI is InChI=1S/C13H17Cl2N3O2/c1-17(2)13(20)8-18(3)7-12(19)16-11-5-4-9(14)6-10(11)15/h4-6H,7-8H2,1-3H3,(H,16,19). The Hall–Kier alpha value is -1.30. The predicted octanol–water partition coefficient (Wildman–Crippen LogP) is 1.95. The number of carbonyl (C=O) groups excluding carboxylic acids is 2. The van der Waals surface area contributed by atoms with Crippen molar-refractivity contribution >= 4 is 40.7 Å². The Morgan fingerprint density at radius 1 is 1.15 bits per heavy atom. The highest BCUT2D eigenvalue weighted by Gasteiger charge is 2.13.